The number of sulfonamides is 1. The molecule has 0 aromatic heterocycles. The summed E-state index contributed by atoms with van der Waals surface area (Å²) in [6, 6.07) is 6.19. The zero-order chi connectivity index (χ0) is 16.8. The zero-order valence-electron chi connectivity index (χ0n) is 13.6. The first kappa shape index (κ1) is 18.6. The molecule has 0 radical (unpaired) electrons. The summed E-state index contributed by atoms with van der Waals surface area (Å²) in [7, 11) is 0.00359. The Morgan fingerprint density at radius 1 is 1.27 bits per heavy atom. The van der Waals surface area contributed by atoms with Gasteiger partial charge in [-0.05, 0) is 51.2 Å². The Bertz CT molecular complexity index is 585. The van der Waals surface area contributed by atoms with E-state index in [-0.39, 0.29) is 10.8 Å². The summed E-state index contributed by atoms with van der Waals surface area (Å²) in [5.41, 5.74) is 0.430. The van der Waals surface area contributed by atoms with Crippen molar-refractivity contribution in [1.29, 1.82) is 0 Å². The molecule has 1 atom stereocenters. The second-order valence-electron chi connectivity index (χ2n) is 5.21. The highest BCUT2D eigenvalue weighted by atomic mass is 32.2. The van der Waals surface area contributed by atoms with Gasteiger partial charge in [0.1, 0.15) is 0 Å². The average molecular weight is 327 g/mol. The van der Waals surface area contributed by atoms with E-state index in [9.17, 15) is 13.2 Å². The molecule has 0 spiro atoms. The summed E-state index contributed by atoms with van der Waals surface area (Å²) >= 11 is 0. The Morgan fingerprint density at radius 2 is 1.86 bits per heavy atom. The van der Waals surface area contributed by atoms with Gasteiger partial charge in [-0.25, -0.2) is 13.1 Å². The molecule has 1 aromatic rings. The minimum absolute atomic E-state index is 0.164. The van der Waals surface area contributed by atoms with Crippen molar-refractivity contribution in [1.82, 2.24) is 14.9 Å². The van der Waals surface area contributed by atoms with Gasteiger partial charge in [-0.15, -0.1) is 0 Å². The number of hydrogen-bond acceptors (Lipinski definition) is 4. The largest absolute Gasteiger partial charge is 0.355 e. The van der Waals surface area contributed by atoms with Crippen LogP contribution in [0.3, 0.4) is 0 Å². The van der Waals surface area contributed by atoms with Crippen LogP contribution in [0.15, 0.2) is 29.2 Å². The van der Waals surface area contributed by atoms with Crippen LogP contribution in [0.2, 0.25) is 0 Å². The molecule has 1 aromatic carbocycles. The molecule has 0 aliphatic rings. The van der Waals surface area contributed by atoms with Crippen molar-refractivity contribution in [2.45, 2.75) is 31.2 Å². The van der Waals surface area contributed by atoms with Crippen molar-refractivity contribution < 1.29 is 13.2 Å². The highest BCUT2D eigenvalue weighted by Gasteiger charge is 2.15. The molecule has 2 N–H and O–H groups in total. The van der Waals surface area contributed by atoms with Crippen LogP contribution < -0.4 is 10.0 Å². The van der Waals surface area contributed by atoms with E-state index in [1.165, 1.54) is 31.3 Å². The molecule has 22 heavy (non-hydrogen) atoms. The number of carbonyl (C=O) groups excluding carboxylic acids is 1. The van der Waals surface area contributed by atoms with Crippen LogP contribution in [0.4, 0.5) is 0 Å². The summed E-state index contributed by atoms with van der Waals surface area (Å²) in [5, 5.41) is 2.49. The van der Waals surface area contributed by atoms with E-state index < -0.39 is 10.0 Å². The monoisotopic (exact) mass is 327 g/mol. The summed E-state index contributed by atoms with van der Waals surface area (Å²) in [6.07, 6.45) is 0.736. The minimum atomic E-state index is -3.54. The first-order valence-corrected chi connectivity index (χ1v) is 8.82. The first-order valence-electron chi connectivity index (χ1n) is 7.33. The molecule has 1 unspecified atom stereocenters. The van der Waals surface area contributed by atoms with Gasteiger partial charge in [0.15, 0.2) is 0 Å². The van der Waals surface area contributed by atoms with Crippen LogP contribution in [-0.4, -0.2) is 52.5 Å². The van der Waals surface area contributed by atoms with Gasteiger partial charge < -0.3 is 10.2 Å². The maximum absolute atomic E-state index is 12.2. The van der Waals surface area contributed by atoms with Crippen molar-refractivity contribution in [3.8, 4) is 0 Å². The molecule has 7 heteroatoms. The summed E-state index contributed by atoms with van der Waals surface area (Å²) in [6.45, 7) is 5.44. The van der Waals surface area contributed by atoms with E-state index in [4.69, 9.17) is 0 Å². The molecule has 0 aliphatic heterocycles. The summed E-state index contributed by atoms with van der Waals surface area (Å²) in [4.78, 5) is 13.8. The van der Waals surface area contributed by atoms with Gasteiger partial charge in [0.25, 0.3) is 5.91 Å². The van der Waals surface area contributed by atoms with Crippen LogP contribution in [0.5, 0.6) is 0 Å². The third kappa shape index (κ3) is 5.08. The number of carbonyl (C=O) groups is 1. The van der Waals surface area contributed by atoms with Gasteiger partial charge in [0.05, 0.1) is 4.90 Å². The predicted molar refractivity (Wildman–Crippen MR) is 87.4 cm³/mol. The molecule has 0 saturated heterocycles. The molecule has 0 fully saturated rings. The van der Waals surface area contributed by atoms with Crippen molar-refractivity contribution >= 4 is 15.9 Å². The van der Waals surface area contributed by atoms with Gasteiger partial charge in [0, 0.05) is 25.2 Å². The van der Waals surface area contributed by atoms with Crippen LogP contribution in [0, 0.1) is 0 Å². The fourth-order valence-corrected chi connectivity index (χ4v) is 3.00. The standard InChI is InChI=1S/C15H25N3O3S/c1-5-18(4)12(2)10-11-17-22(20,21)14-8-6-13(7-9-14)15(19)16-3/h6-9,12,17H,5,10-11H2,1-4H3,(H,16,19). The second-order valence-corrected chi connectivity index (χ2v) is 6.98. The van der Waals surface area contributed by atoms with Crippen molar-refractivity contribution in [2.24, 2.45) is 0 Å². The van der Waals surface area contributed by atoms with Crippen LogP contribution >= 0.6 is 0 Å². The van der Waals surface area contributed by atoms with Gasteiger partial charge in [-0.3, -0.25) is 4.79 Å². The van der Waals surface area contributed by atoms with E-state index in [0.717, 1.165) is 13.0 Å². The molecular formula is C15H25N3O3S. The lowest BCUT2D eigenvalue weighted by atomic mass is 10.2. The topological polar surface area (TPSA) is 78.5 Å². The van der Waals surface area contributed by atoms with E-state index in [1.54, 1.807) is 0 Å². The smallest absolute Gasteiger partial charge is 0.251 e. The lowest BCUT2D eigenvalue weighted by molar-refractivity contribution is 0.0963. The normalized spacial score (nSPS) is 13.1. The fourth-order valence-electron chi connectivity index (χ4n) is 1.95. The molecule has 6 nitrogen and oxygen atoms in total. The predicted octanol–water partition coefficient (Wildman–Crippen LogP) is 1.05. The van der Waals surface area contributed by atoms with Gasteiger partial charge in [0.2, 0.25) is 10.0 Å². The maximum Gasteiger partial charge on any atom is 0.251 e. The average Bonchev–Trinajstić information content (AvgIpc) is 2.53. The fraction of sp³-hybridized carbons (Fsp3) is 0.533. The molecular weight excluding hydrogens is 302 g/mol. The first-order chi connectivity index (χ1) is 10.3. The molecule has 0 aliphatic carbocycles. The van der Waals surface area contributed by atoms with Gasteiger partial charge in [-0.2, -0.15) is 0 Å². The van der Waals surface area contributed by atoms with Crippen molar-refractivity contribution in [3.63, 3.8) is 0 Å². The Hall–Kier alpha value is -1.44. The van der Waals surface area contributed by atoms with Crippen LogP contribution in [-0.2, 0) is 10.0 Å². The Morgan fingerprint density at radius 3 is 2.36 bits per heavy atom. The lowest BCUT2D eigenvalue weighted by Crippen LogP contribution is -2.33. The van der Waals surface area contributed by atoms with E-state index in [0.29, 0.717) is 18.2 Å². The van der Waals surface area contributed by atoms with Crippen LogP contribution in [0.1, 0.15) is 30.6 Å². The van der Waals surface area contributed by atoms with E-state index in [1.807, 2.05) is 7.05 Å². The molecule has 0 bridgehead atoms. The molecule has 0 heterocycles. The lowest BCUT2D eigenvalue weighted by Gasteiger charge is -2.22. The number of benzene rings is 1. The molecule has 1 rings (SSSR count). The Labute approximate surface area is 132 Å². The number of amides is 1. The third-order valence-corrected chi connectivity index (χ3v) is 5.24. The highest BCUT2D eigenvalue weighted by Crippen LogP contribution is 2.11. The zero-order valence-corrected chi connectivity index (χ0v) is 14.4. The van der Waals surface area contributed by atoms with Crippen molar-refractivity contribution in [2.75, 3.05) is 27.2 Å². The van der Waals surface area contributed by atoms with E-state index in [2.05, 4.69) is 28.8 Å². The molecule has 1 amide bonds. The Balaban J connectivity index is 2.65. The Kier molecular flexibility index (Phi) is 6.99. The molecule has 0 saturated carbocycles. The number of nitrogens with one attached hydrogen (secondary N) is 2. The number of nitrogens with zero attached hydrogens (tertiary/aromatic N) is 1. The summed E-state index contributed by atoms with van der Waals surface area (Å²) < 4.78 is 26.9. The van der Waals surface area contributed by atoms with Crippen LogP contribution in [0.25, 0.3) is 0 Å². The summed E-state index contributed by atoms with van der Waals surface area (Å²) in [5.74, 6) is -0.242. The van der Waals surface area contributed by atoms with Gasteiger partial charge >= 0.3 is 0 Å². The van der Waals surface area contributed by atoms with Crippen molar-refractivity contribution in [3.05, 3.63) is 29.8 Å². The second kappa shape index (κ2) is 8.26. The van der Waals surface area contributed by atoms with Gasteiger partial charge in [-0.1, -0.05) is 6.92 Å². The maximum atomic E-state index is 12.2. The highest BCUT2D eigenvalue weighted by molar-refractivity contribution is 7.89. The third-order valence-electron chi connectivity index (χ3n) is 3.76. The number of hydrogen-bond donors (Lipinski definition) is 2. The SMILES string of the molecule is CCN(C)C(C)CCNS(=O)(=O)c1ccc(C(=O)NC)cc1. The molecule has 124 valence electrons. The minimum Gasteiger partial charge on any atom is -0.355 e. The quantitative estimate of drug-likeness (QED) is 0.748. The number of rotatable bonds is 8. The van der Waals surface area contributed by atoms with E-state index >= 15 is 0 Å².